The normalized spacial score (nSPS) is 18.4. The summed E-state index contributed by atoms with van der Waals surface area (Å²) in [7, 11) is 0. The van der Waals surface area contributed by atoms with E-state index in [4.69, 9.17) is 9.72 Å². The van der Waals surface area contributed by atoms with Gasteiger partial charge in [-0.1, -0.05) is 0 Å². The first kappa shape index (κ1) is 12.5. The van der Waals surface area contributed by atoms with E-state index < -0.39 is 0 Å². The van der Waals surface area contributed by atoms with Gasteiger partial charge in [-0.25, -0.2) is 9.97 Å². The molecule has 21 heavy (non-hydrogen) atoms. The Labute approximate surface area is 122 Å². The van der Waals surface area contributed by atoms with Crippen LogP contribution in [0.2, 0.25) is 0 Å². The van der Waals surface area contributed by atoms with Crippen LogP contribution in [0.15, 0.2) is 42.9 Å². The lowest BCUT2D eigenvalue weighted by Crippen LogP contribution is -2.10. The fourth-order valence-electron chi connectivity index (χ4n) is 2.86. The fraction of sp³-hybridized carbons (Fsp3) is 0.312. The first-order valence-electron chi connectivity index (χ1n) is 7.22. The Morgan fingerprint density at radius 3 is 2.90 bits per heavy atom. The van der Waals surface area contributed by atoms with E-state index in [1.165, 1.54) is 0 Å². The molecule has 5 heteroatoms. The molecule has 0 spiro atoms. The van der Waals surface area contributed by atoms with E-state index in [9.17, 15) is 0 Å². The summed E-state index contributed by atoms with van der Waals surface area (Å²) in [5.41, 5.74) is 2.89. The van der Waals surface area contributed by atoms with Crippen molar-refractivity contribution in [3.8, 4) is 5.69 Å². The zero-order valence-electron chi connectivity index (χ0n) is 11.6. The van der Waals surface area contributed by atoms with Gasteiger partial charge in [-0.05, 0) is 36.6 Å². The molecule has 5 nitrogen and oxygen atoms in total. The zero-order chi connectivity index (χ0) is 14.1. The van der Waals surface area contributed by atoms with Gasteiger partial charge in [0.25, 0.3) is 0 Å². The summed E-state index contributed by atoms with van der Waals surface area (Å²) in [6.45, 7) is 1.69. The predicted octanol–water partition coefficient (Wildman–Crippen LogP) is 2.39. The smallest absolute Gasteiger partial charge is 0.164 e. The van der Waals surface area contributed by atoms with Gasteiger partial charge in [-0.2, -0.15) is 0 Å². The number of aromatic nitrogens is 4. The van der Waals surface area contributed by atoms with E-state index >= 15 is 0 Å². The molecule has 0 N–H and O–H groups in total. The Balaban J connectivity index is 1.84. The van der Waals surface area contributed by atoms with Gasteiger partial charge in [0.2, 0.25) is 0 Å². The third kappa shape index (κ3) is 2.29. The van der Waals surface area contributed by atoms with Crippen molar-refractivity contribution in [3.63, 3.8) is 0 Å². The Morgan fingerprint density at radius 2 is 2.10 bits per heavy atom. The van der Waals surface area contributed by atoms with Crippen molar-refractivity contribution in [3.05, 3.63) is 48.7 Å². The number of hydrogen-bond acceptors (Lipinski definition) is 4. The van der Waals surface area contributed by atoms with Crippen molar-refractivity contribution in [2.45, 2.75) is 12.8 Å². The first-order valence-corrected chi connectivity index (χ1v) is 7.22. The highest BCUT2D eigenvalue weighted by Crippen LogP contribution is 2.24. The predicted molar refractivity (Wildman–Crippen MR) is 79.3 cm³/mol. The van der Waals surface area contributed by atoms with Crippen LogP contribution in [0.4, 0.5) is 0 Å². The highest BCUT2D eigenvalue weighted by Gasteiger charge is 2.21. The average molecular weight is 280 g/mol. The van der Waals surface area contributed by atoms with Crippen LogP contribution in [0.5, 0.6) is 0 Å². The summed E-state index contributed by atoms with van der Waals surface area (Å²) in [5.74, 6) is 1.59. The SMILES string of the molecule is c1cnc2c(c1)nc(CC1CCOC1)n2-c1ccncc1. The number of nitrogens with zero attached hydrogens (tertiary/aromatic N) is 4. The molecule has 1 unspecified atom stereocenters. The Morgan fingerprint density at radius 1 is 1.19 bits per heavy atom. The number of ether oxygens (including phenoxy) is 1. The van der Waals surface area contributed by atoms with Crippen LogP contribution in [0.25, 0.3) is 16.9 Å². The van der Waals surface area contributed by atoms with Crippen molar-refractivity contribution in [1.82, 2.24) is 19.5 Å². The van der Waals surface area contributed by atoms with Gasteiger partial charge >= 0.3 is 0 Å². The van der Waals surface area contributed by atoms with Gasteiger partial charge < -0.3 is 4.74 Å². The summed E-state index contributed by atoms with van der Waals surface area (Å²) >= 11 is 0. The van der Waals surface area contributed by atoms with Gasteiger partial charge in [-0.15, -0.1) is 0 Å². The molecule has 1 fully saturated rings. The van der Waals surface area contributed by atoms with Gasteiger partial charge in [-0.3, -0.25) is 9.55 Å². The molecule has 4 heterocycles. The highest BCUT2D eigenvalue weighted by atomic mass is 16.5. The summed E-state index contributed by atoms with van der Waals surface area (Å²) in [6.07, 6.45) is 7.43. The quantitative estimate of drug-likeness (QED) is 0.739. The van der Waals surface area contributed by atoms with Gasteiger partial charge in [0.1, 0.15) is 11.3 Å². The van der Waals surface area contributed by atoms with Crippen LogP contribution in [-0.4, -0.2) is 32.7 Å². The average Bonchev–Trinajstić information content (AvgIpc) is 3.15. The lowest BCUT2D eigenvalue weighted by Gasteiger charge is -2.11. The van der Waals surface area contributed by atoms with Crippen molar-refractivity contribution in [1.29, 1.82) is 0 Å². The highest BCUT2D eigenvalue weighted by molar-refractivity contribution is 5.73. The third-order valence-corrected chi connectivity index (χ3v) is 3.90. The number of pyridine rings is 2. The number of fused-ring (bicyclic) bond motifs is 1. The van der Waals surface area contributed by atoms with E-state index in [1.54, 1.807) is 12.4 Å². The molecule has 3 aromatic rings. The summed E-state index contributed by atoms with van der Waals surface area (Å²) in [6, 6.07) is 7.91. The van der Waals surface area contributed by atoms with Gasteiger partial charge in [0, 0.05) is 38.2 Å². The summed E-state index contributed by atoms with van der Waals surface area (Å²) in [5, 5.41) is 0. The monoisotopic (exact) mass is 280 g/mol. The molecule has 0 aliphatic carbocycles. The fourth-order valence-corrected chi connectivity index (χ4v) is 2.86. The van der Waals surface area contributed by atoms with E-state index in [2.05, 4.69) is 14.5 Å². The van der Waals surface area contributed by atoms with Crippen molar-refractivity contribution in [2.24, 2.45) is 5.92 Å². The molecule has 1 atom stereocenters. The molecule has 0 amide bonds. The van der Waals surface area contributed by atoms with Gasteiger partial charge in [0.15, 0.2) is 5.65 Å². The first-order chi connectivity index (χ1) is 10.4. The van der Waals surface area contributed by atoms with E-state index in [-0.39, 0.29) is 0 Å². The molecule has 0 bridgehead atoms. The number of hydrogen-bond donors (Lipinski definition) is 0. The Hall–Kier alpha value is -2.27. The van der Waals surface area contributed by atoms with Crippen LogP contribution in [0.1, 0.15) is 12.2 Å². The van der Waals surface area contributed by atoms with Crippen LogP contribution < -0.4 is 0 Å². The second kappa shape index (κ2) is 5.26. The second-order valence-corrected chi connectivity index (χ2v) is 5.35. The topological polar surface area (TPSA) is 52.8 Å². The van der Waals surface area contributed by atoms with E-state index in [1.807, 2.05) is 30.5 Å². The zero-order valence-corrected chi connectivity index (χ0v) is 11.6. The molecule has 0 aromatic carbocycles. The molecular weight excluding hydrogens is 264 g/mol. The maximum Gasteiger partial charge on any atom is 0.164 e. The molecule has 0 saturated carbocycles. The molecular formula is C16H16N4O. The Bertz CT molecular complexity index is 747. The molecule has 3 aromatic heterocycles. The largest absolute Gasteiger partial charge is 0.381 e. The van der Waals surface area contributed by atoms with Crippen LogP contribution >= 0.6 is 0 Å². The number of imidazole rings is 1. The van der Waals surface area contributed by atoms with E-state index in [0.717, 1.165) is 48.7 Å². The van der Waals surface area contributed by atoms with Crippen LogP contribution in [0.3, 0.4) is 0 Å². The molecule has 1 aliphatic rings. The summed E-state index contributed by atoms with van der Waals surface area (Å²) in [4.78, 5) is 13.4. The summed E-state index contributed by atoms with van der Waals surface area (Å²) < 4.78 is 7.62. The molecule has 1 saturated heterocycles. The minimum absolute atomic E-state index is 0.544. The van der Waals surface area contributed by atoms with E-state index in [0.29, 0.717) is 5.92 Å². The molecule has 1 aliphatic heterocycles. The maximum atomic E-state index is 5.49. The lowest BCUT2D eigenvalue weighted by molar-refractivity contribution is 0.185. The standard InChI is InChI=1S/C16H16N4O/c1-2-14-16(18-6-1)20(13-3-7-17-8-4-13)15(19-14)10-12-5-9-21-11-12/h1-4,6-8,12H,5,9-11H2. The minimum atomic E-state index is 0.544. The number of rotatable bonds is 3. The third-order valence-electron chi connectivity index (χ3n) is 3.90. The van der Waals surface area contributed by atoms with Crippen molar-refractivity contribution < 1.29 is 4.74 Å². The molecule has 106 valence electrons. The minimum Gasteiger partial charge on any atom is -0.381 e. The van der Waals surface area contributed by atoms with Crippen LogP contribution in [-0.2, 0) is 11.2 Å². The Kier molecular flexibility index (Phi) is 3.12. The van der Waals surface area contributed by atoms with Gasteiger partial charge in [0.05, 0.1) is 5.69 Å². The second-order valence-electron chi connectivity index (χ2n) is 5.35. The molecule has 0 radical (unpaired) electrons. The van der Waals surface area contributed by atoms with Crippen molar-refractivity contribution in [2.75, 3.05) is 13.2 Å². The maximum absolute atomic E-state index is 5.49. The van der Waals surface area contributed by atoms with Crippen molar-refractivity contribution >= 4 is 11.2 Å². The lowest BCUT2D eigenvalue weighted by atomic mass is 10.0. The molecule has 4 rings (SSSR count). The van der Waals surface area contributed by atoms with Crippen LogP contribution in [0, 0.1) is 5.92 Å².